The molecule has 0 amide bonds. The first-order valence-corrected chi connectivity index (χ1v) is 6.00. The molecule has 1 rings (SSSR count). The van der Waals surface area contributed by atoms with Gasteiger partial charge in [-0.1, -0.05) is 31.5 Å². The van der Waals surface area contributed by atoms with Gasteiger partial charge in [0.05, 0.1) is 6.54 Å². The van der Waals surface area contributed by atoms with Crippen LogP contribution in [0.2, 0.25) is 0 Å². The number of hydrogen-bond donors (Lipinski definition) is 2. The van der Waals surface area contributed by atoms with Crippen LogP contribution in [-0.2, 0) is 0 Å². The molecular formula is C13H22NO2+. The topological polar surface area (TPSA) is 46.1 Å². The van der Waals surface area contributed by atoms with Gasteiger partial charge < -0.3 is 15.2 Å². The molecule has 3 N–H and O–H groups in total. The maximum absolute atomic E-state index is 9.65. The summed E-state index contributed by atoms with van der Waals surface area (Å²) in [6, 6.07) is 9.59. The number of benzene rings is 1. The van der Waals surface area contributed by atoms with Crippen LogP contribution in [0.5, 0.6) is 5.75 Å². The van der Waals surface area contributed by atoms with Crippen molar-refractivity contribution in [1.29, 1.82) is 0 Å². The van der Waals surface area contributed by atoms with Gasteiger partial charge in [0.2, 0.25) is 0 Å². The van der Waals surface area contributed by atoms with Gasteiger partial charge in [0, 0.05) is 0 Å². The molecule has 0 aromatic heterocycles. The highest BCUT2D eigenvalue weighted by atomic mass is 16.5. The van der Waals surface area contributed by atoms with Crippen molar-refractivity contribution in [1.82, 2.24) is 0 Å². The van der Waals surface area contributed by atoms with Crippen LogP contribution in [0.1, 0.15) is 19.8 Å². The van der Waals surface area contributed by atoms with Crippen LogP contribution in [0, 0.1) is 0 Å². The number of para-hydroxylation sites is 1. The number of nitrogens with two attached hydrogens (primary N) is 1. The van der Waals surface area contributed by atoms with Crippen molar-refractivity contribution in [3.63, 3.8) is 0 Å². The summed E-state index contributed by atoms with van der Waals surface area (Å²) >= 11 is 0. The third kappa shape index (κ3) is 5.73. The average molecular weight is 224 g/mol. The van der Waals surface area contributed by atoms with E-state index in [-0.39, 0.29) is 0 Å². The van der Waals surface area contributed by atoms with E-state index in [0.717, 1.165) is 12.3 Å². The highest BCUT2D eigenvalue weighted by Gasteiger charge is 2.06. The zero-order valence-electron chi connectivity index (χ0n) is 9.93. The van der Waals surface area contributed by atoms with Gasteiger partial charge in [0.15, 0.2) is 0 Å². The second-order valence-electron chi connectivity index (χ2n) is 3.94. The van der Waals surface area contributed by atoms with Crippen LogP contribution >= 0.6 is 0 Å². The number of aliphatic hydroxyl groups excluding tert-OH is 1. The van der Waals surface area contributed by atoms with Crippen LogP contribution in [0.4, 0.5) is 0 Å². The van der Waals surface area contributed by atoms with Gasteiger partial charge in [-0.15, -0.1) is 0 Å². The van der Waals surface area contributed by atoms with Crippen molar-refractivity contribution >= 4 is 0 Å². The van der Waals surface area contributed by atoms with E-state index in [0.29, 0.717) is 13.2 Å². The maximum Gasteiger partial charge on any atom is 0.137 e. The van der Waals surface area contributed by atoms with Crippen LogP contribution in [0.15, 0.2) is 30.3 Å². The van der Waals surface area contributed by atoms with Crippen molar-refractivity contribution < 1.29 is 15.2 Å². The molecule has 0 saturated heterocycles. The van der Waals surface area contributed by atoms with E-state index in [1.165, 1.54) is 12.8 Å². The summed E-state index contributed by atoms with van der Waals surface area (Å²) in [6.07, 6.45) is 2.01. The number of hydrogen-bond acceptors (Lipinski definition) is 2. The molecule has 0 aliphatic carbocycles. The number of ether oxygens (including phenoxy) is 1. The minimum atomic E-state index is -0.392. The maximum atomic E-state index is 9.65. The van der Waals surface area contributed by atoms with E-state index in [1.807, 2.05) is 30.3 Å². The molecule has 0 spiro atoms. The Morgan fingerprint density at radius 1 is 1.31 bits per heavy atom. The third-order valence-corrected chi connectivity index (χ3v) is 2.39. The third-order valence-electron chi connectivity index (χ3n) is 2.39. The molecule has 3 nitrogen and oxygen atoms in total. The van der Waals surface area contributed by atoms with E-state index in [9.17, 15) is 5.11 Å². The number of quaternary nitrogens is 1. The summed E-state index contributed by atoms with van der Waals surface area (Å²) in [5, 5.41) is 11.8. The monoisotopic (exact) mass is 224 g/mol. The Labute approximate surface area is 97.4 Å². The molecule has 1 aromatic rings. The highest BCUT2D eigenvalue weighted by molar-refractivity contribution is 5.20. The van der Waals surface area contributed by atoms with Gasteiger partial charge in [-0.25, -0.2) is 0 Å². The van der Waals surface area contributed by atoms with Gasteiger partial charge in [-0.2, -0.15) is 0 Å². The predicted molar refractivity (Wildman–Crippen MR) is 64.5 cm³/mol. The van der Waals surface area contributed by atoms with Gasteiger partial charge in [-0.3, -0.25) is 0 Å². The van der Waals surface area contributed by atoms with E-state index < -0.39 is 6.10 Å². The molecule has 1 atom stereocenters. The van der Waals surface area contributed by atoms with Gasteiger partial charge in [0.1, 0.15) is 25.0 Å². The van der Waals surface area contributed by atoms with E-state index in [1.54, 1.807) is 0 Å². The van der Waals surface area contributed by atoms with Crippen molar-refractivity contribution in [2.75, 3.05) is 19.7 Å². The molecule has 0 fully saturated rings. The lowest BCUT2D eigenvalue weighted by Gasteiger charge is -2.11. The van der Waals surface area contributed by atoms with Crippen LogP contribution in [0.3, 0.4) is 0 Å². The normalized spacial score (nSPS) is 12.4. The predicted octanol–water partition coefficient (Wildman–Crippen LogP) is 0.790. The SMILES string of the molecule is CCCC[NH2+]C[C@H](O)COc1ccccc1. The molecule has 0 bridgehead atoms. The van der Waals surface area contributed by atoms with Gasteiger partial charge in [-0.05, 0) is 18.6 Å². The van der Waals surface area contributed by atoms with Crippen LogP contribution < -0.4 is 10.1 Å². The Balaban J connectivity index is 2.08. The van der Waals surface area contributed by atoms with Gasteiger partial charge in [0.25, 0.3) is 0 Å². The standard InChI is InChI=1S/C13H21NO2/c1-2-3-9-14-10-12(15)11-16-13-7-5-4-6-8-13/h4-8,12,14-15H,2-3,9-11H2,1H3/p+1/t12-/m0/s1. The lowest BCUT2D eigenvalue weighted by Crippen LogP contribution is -2.86. The molecule has 0 saturated carbocycles. The first kappa shape index (κ1) is 13.0. The molecule has 16 heavy (non-hydrogen) atoms. The number of unbranched alkanes of at least 4 members (excludes halogenated alkanes) is 1. The molecule has 0 aliphatic rings. The molecule has 1 aromatic carbocycles. The zero-order chi connectivity index (χ0) is 11.6. The lowest BCUT2D eigenvalue weighted by atomic mass is 10.3. The second kappa shape index (κ2) is 8.13. The smallest absolute Gasteiger partial charge is 0.137 e. The largest absolute Gasteiger partial charge is 0.491 e. The fourth-order valence-electron chi connectivity index (χ4n) is 1.44. The van der Waals surface area contributed by atoms with Crippen LogP contribution in [0.25, 0.3) is 0 Å². The minimum Gasteiger partial charge on any atom is -0.491 e. The Hall–Kier alpha value is -1.06. The van der Waals surface area contributed by atoms with Crippen molar-refractivity contribution in [3.05, 3.63) is 30.3 Å². The van der Waals surface area contributed by atoms with Crippen molar-refractivity contribution in [3.8, 4) is 5.75 Å². The first-order chi connectivity index (χ1) is 7.83. The first-order valence-electron chi connectivity index (χ1n) is 6.00. The Bertz CT molecular complexity index is 264. The fraction of sp³-hybridized carbons (Fsp3) is 0.538. The lowest BCUT2D eigenvalue weighted by molar-refractivity contribution is -0.661. The van der Waals surface area contributed by atoms with Crippen molar-refractivity contribution in [2.45, 2.75) is 25.9 Å². The summed E-state index contributed by atoms with van der Waals surface area (Å²) in [6.45, 7) is 4.33. The molecular weight excluding hydrogens is 202 g/mol. The summed E-state index contributed by atoms with van der Waals surface area (Å²) in [7, 11) is 0. The number of aliphatic hydroxyl groups is 1. The zero-order valence-corrected chi connectivity index (χ0v) is 9.93. The molecule has 0 heterocycles. The Kier molecular flexibility index (Phi) is 6.61. The summed E-state index contributed by atoms with van der Waals surface area (Å²) < 4.78 is 5.45. The highest BCUT2D eigenvalue weighted by Crippen LogP contribution is 2.07. The summed E-state index contributed by atoms with van der Waals surface area (Å²) in [5.74, 6) is 0.815. The van der Waals surface area contributed by atoms with E-state index >= 15 is 0 Å². The van der Waals surface area contributed by atoms with Gasteiger partial charge >= 0.3 is 0 Å². The summed E-state index contributed by atoms with van der Waals surface area (Å²) in [4.78, 5) is 0. The molecule has 0 unspecified atom stereocenters. The van der Waals surface area contributed by atoms with Crippen LogP contribution in [-0.4, -0.2) is 30.9 Å². The van der Waals surface area contributed by atoms with Crippen molar-refractivity contribution in [2.24, 2.45) is 0 Å². The molecule has 0 radical (unpaired) electrons. The molecule has 90 valence electrons. The van der Waals surface area contributed by atoms with E-state index in [2.05, 4.69) is 12.2 Å². The minimum absolute atomic E-state index is 0.368. The molecule has 3 heteroatoms. The average Bonchev–Trinajstić information content (AvgIpc) is 2.33. The quantitative estimate of drug-likeness (QED) is 0.641. The summed E-state index contributed by atoms with van der Waals surface area (Å²) in [5.41, 5.74) is 0. The number of rotatable bonds is 8. The second-order valence-corrected chi connectivity index (χ2v) is 3.94. The fourth-order valence-corrected chi connectivity index (χ4v) is 1.44. The Morgan fingerprint density at radius 2 is 2.06 bits per heavy atom. The molecule has 0 aliphatic heterocycles. The Morgan fingerprint density at radius 3 is 2.75 bits per heavy atom. The van der Waals surface area contributed by atoms with E-state index in [4.69, 9.17) is 4.74 Å².